The summed E-state index contributed by atoms with van der Waals surface area (Å²) in [5.74, 6) is -0.839. The molecule has 0 rings (SSSR count). The Morgan fingerprint density at radius 1 is 0.258 bits per heavy atom. The molecule has 0 aromatic carbocycles. The van der Waals surface area contributed by atoms with Gasteiger partial charge in [-0.15, -0.1) is 0 Å². The molecule has 0 amide bonds. The monoisotopic (exact) mass is 877 g/mol. The van der Waals surface area contributed by atoms with Crippen molar-refractivity contribution in [2.75, 3.05) is 13.2 Å². The summed E-state index contributed by atoms with van der Waals surface area (Å²) in [5, 5.41) is 0. The zero-order valence-corrected chi connectivity index (χ0v) is 42.2. The Kier molecular flexibility index (Phi) is 50.7. The number of hydrogen-bond donors (Lipinski definition) is 0. The average Bonchev–Trinajstić information content (AvgIpc) is 3.27. The standard InChI is InChI=1S/C56H108O6/c1-4-7-10-13-16-19-21-23-25-26-27-28-29-31-32-34-37-40-43-46-49-55(58)61-52-53(51-60-54(57)48-45-42-39-36-18-15-12-9-6-3)62-56(59)50-47-44-41-38-35-33-30-24-22-20-17-14-11-8-5-2/h53H,4-52H2,1-3H3. The lowest BCUT2D eigenvalue weighted by Crippen LogP contribution is -2.30. The van der Waals surface area contributed by atoms with Crippen LogP contribution in [0, 0.1) is 0 Å². The molecule has 6 heteroatoms. The lowest BCUT2D eigenvalue weighted by molar-refractivity contribution is -0.167. The number of carbonyl (C=O) groups is 3. The van der Waals surface area contributed by atoms with Crippen molar-refractivity contribution in [3.63, 3.8) is 0 Å². The van der Waals surface area contributed by atoms with E-state index in [1.54, 1.807) is 0 Å². The van der Waals surface area contributed by atoms with Crippen LogP contribution >= 0.6 is 0 Å². The second kappa shape index (κ2) is 52.0. The highest BCUT2D eigenvalue weighted by atomic mass is 16.6. The van der Waals surface area contributed by atoms with Crippen LogP contribution in [0.5, 0.6) is 0 Å². The Hall–Kier alpha value is -1.59. The number of unbranched alkanes of at least 4 members (excludes halogenated alkanes) is 41. The third kappa shape index (κ3) is 49.4. The van der Waals surface area contributed by atoms with Crippen LogP contribution in [-0.4, -0.2) is 37.2 Å². The molecule has 0 saturated carbocycles. The van der Waals surface area contributed by atoms with E-state index in [1.165, 1.54) is 225 Å². The van der Waals surface area contributed by atoms with E-state index in [0.717, 1.165) is 57.8 Å². The van der Waals surface area contributed by atoms with Crippen LogP contribution in [0.2, 0.25) is 0 Å². The van der Waals surface area contributed by atoms with Gasteiger partial charge in [0.05, 0.1) is 0 Å². The van der Waals surface area contributed by atoms with Crippen LogP contribution < -0.4 is 0 Å². The van der Waals surface area contributed by atoms with E-state index >= 15 is 0 Å². The lowest BCUT2D eigenvalue weighted by atomic mass is 10.0. The first-order valence-corrected chi connectivity index (χ1v) is 28.0. The van der Waals surface area contributed by atoms with Gasteiger partial charge >= 0.3 is 17.9 Å². The fourth-order valence-corrected chi connectivity index (χ4v) is 8.62. The van der Waals surface area contributed by atoms with Crippen molar-refractivity contribution in [2.24, 2.45) is 0 Å². The van der Waals surface area contributed by atoms with Gasteiger partial charge in [-0.25, -0.2) is 0 Å². The SMILES string of the molecule is CCCCCCCCCCCCCCCCCCCCCCC(=O)OCC(COC(=O)CCCCCCCCCCC)OC(=O)CCCCCCCCCCCCCCCCC. The zero-order valence-electron chi connectivity index (χ0n) is 42.2. The molecule has 0 aromatic rings. The number of hydrogen-bond acceptors (Lipinski definition) is 6. The molecule has 62 heavy (non-hydrogen) atoms. The summed E-state index contributed by atoms with van der Waals surface area (Å²) >= 11 is 0. The van der Waals surface area contributed by atoms with Crippen molar-refractivity contribution in [3.05, 3.63) is 0 Å². The average molecular weight is 877 g/mol. The molecular formula is C56H108O6. The maximum Gasteiger partial charge on any atom is 0.306 e. The smallest absolute Gasteiger partial charge is 0.306 e. The largest absolute Gasteiger partial charge is 0.462 e. The molecule has 0 N–H and O–H groups in total. The molecule has 0 radical (unpaired) electrons. The van der Waals surface area contributed by atoms with E-state index in [9.17, 15) is 14.4 Å². The van der Waals surface area contributed by atoms with Crippen molar-refractivity contribution in [3.8, 4) is 0 Å². The Labute approximate surface area is 387 Å². The Bertz CT molecular complexity index is 920. The highest BCUT2D eigenvalue weighted by molar-refractivity contribution is 5.71. The molecule has 0 aliphatic carbocycles. The predicted octanol–water partition coefficient (Wildman–Crippen LogP) is 18.4. The minimum absolute atomic E-state index is 0.0616. The summed E-state index contributed by atoms with van der Waals surface area (Å²) in [6.45, 7) is 6.68. The minimum atomic E-state index is -0.759. The fraction of sp³-hybridized carbons (Fsp3) is 0.946. The molecule has 1 atom stereocenters. The van der Waals surface area contributed by atoms with Crippen LogP contribution in [0.15, 0.2) is 0 Å². The van der Waals surface area contributed by atoms with E-state index < -0.39 is 6.10 Å². The second-order valence-corrected chi connectivity index (χ2v) is 19.2. The lowest BCUT2D eigenvalue weighted by Gasteiger charge is -2.18. The molecule has 0 saturated heterocycles. The molecule has 368 valence electrons. The number of rotatable bonds is 52. The normalized spacial score (nSPS) is 11.9. The van der Waals surface area contributed by atoms with E-state index in [4.69, 9.17) is 14.2 Å². The highest BCUT2D eigenvalue weighted by Gasteiger charge is 2.19. The van der Waals surface area contributed by atoms with Gasteiger partial charge in [0.25, 0.3) is 0 Å². The maximum absolute atomic E-state index is 12.8. The molecule has 0 aliphatic heterocycles. The topological polar surface area (TPSA) is 78.9 Å². The summed E-state index contributed by atoms with van der Waals surface area (Å²) in [4.78, 5) is 38.0. The van der Waals surface area contributed by atoms with Crippen molar-refractivity contribution in [1.82, 2.24) is 0 Å². The molecule has 6 nitrogen and oxygen atoms in total. The van der Waals surface area contributed by atoms with Crippen LogP contribution in [0.1, 0.15) is 323 Å². The van der Waals surface area contributed by atoms with Crippen LogP contribution in [-0.2, 0) is 28.6 Å². The fourth-order valence-electron chi connectivity index (χ4n) is 8.62. The first-order valence-electron chi connectivity index (χ1n) is 28.0. The quantitative estimate of drug-likeness (QED) is 0.0344. The zero-order chi connectivity index (χ0) is 45.1. The molecule has 0 fully saturated rings. The van der Waals surface area contributed by atoms with Crippen molar-refractivity contribution in [2.45, 2.75) is 329 Å². The van der Waals surface area contributed by atoms with Gasteiger partial charge in [0, 0.05) is 19.3 Å². The van der Waals surface area contributed by atoms with Gasteiger partial charge in [-0.1, -0.05) is 284 Å². The van der Waals surface area contributed by atoms with Crippen molar-refractivity contribution >= 4 is 17.9 Å². The van der Waals surface area contributed by atoms with Gasteiger partial charge in [0.1, 0.15) is 13.2 Å². The van der Waals surface area contributed by atoms with Gasteiger partial charge in [-0.2, -0.15) is 0 Å². The maximum atomic E-state index is 12.8. The van der Waals surface area contributed by atoms with E-state index in [-0.39, 0.29) is 31.1 Å². The van der Waals surface area contributed by atoms with Crippen LogP contribution in [0.25, 0.3) is 0 Å². The minimum Gasteiger partial charge on any atom is -0.462 e. The Balaban J connectivity index is 4.19. The summed E-state index contributed by atoms with van der Waals surface area (Å²) in [7, 11) is 0. The number of esters is 3. The van der Waals surface area contributed by atoms with Gasteiger partial charge in [0.2, 0.25) is 0 Å². The Morgan fingerprint density at radius 3 is 0.645 bits per heavy atom. The molecule has 0 bridgehead atoms. The van der Waals surface area contributed by atoms with Gasteiger partial charge in [-0.3, -0.25) is 14.4 Å². The second-order valence-electron chi connectivity index (χ2n) is 19.2. The molecule has 0 spiro atoms. The highest BCUT2D eigenvalue weighted by Crippen LogP contribution is 2.17. The summed E-state index contributed by atoms with van der Waals surface area (Å²) in [5.41, 5.74) is 0. The van der Waals surface area contributed by atoms with Crippen molar-refractivity contribution in [1.29, 1.82) is 0 Å². The molecular weight excluding hydrogens is 769 g/mol. The summed E-state index contributed by atoms with van der Waals surface area (Å²) in [6, 6.07) is 0. The summed E-state index contributed by atoms with van der Waals surface area (Å²) in [6.07, 6.45) is 56.7. The van der Waals surface area contributed by atoms with E-state index in [0.29, 0.717) is 19.3 Å². The van der Waals surface area contributed by atoms with Crippen molar-refractivity contribution < 1.29 is 28.6 Å². The number of carbonyl (C=O) groups excluding carboxylic acids is 3. The van der Waals surface area contributed by atoms with Gasteiger partial charge in [-0.05, 0) is 19.3 Å². The molecule has 1 unspecified atom stereocenters. The third-order valence-electron chi connectivity index (χ3n) is 12.9. The predicted molar refractivity (Wildman–Crippen MR) is 266 cm³/mol. The molecule has 0 heterocycles. The summed E-state index contributed by atoms with van der Waals surface area (Å²) < 4.78 is 16.8. The van der Waals surface area contributed by atoms with Gasteiger partial charge < -0.3 is 14.2 Å². The van der Waals surface area contributed by atoms with Crippen LogP contribution in [0.4, 0.5) is 0 Å². The molecule has 0 aromatic heterocycles. The van der Waals surface area contributed by atoms with Gasteiger partial charge in [0.15, 0.2) is 6.10 Å². The Morgan fingerprint density at radius 2 is 0.435 bits per heavy atom. The van der Waals surface area contributed by atoms with Crippen LogP contribution in [0.3, 0.4) is 0 Å². The van der Waals surface area contributed by atoms with E-state index in [2.05, 4.69) is 20.8 Å². The van der Waals surface area contributed by atoms with E-state index in [1.807, 2.05) is 0 Å². The first kappa shape index (κ1) is 60.4. The third-order valence-corrected chi connectivity index (χ3v) is 12.9. The first-order chi connectivity index (χ1) is 30.5. The molecule has 0 aliphatic rings. The number of ether oxygens (including phenoxy) is 3.